The average Bonchev–Trinajstić information content (AvgIpc) is 2.13. The molecule has 0 aromatic heterocycles. The molecule has 0 atom stereocenters. The Bertz CT molecular complexity index is 340. The number of halogens is 2. The molecule has 76 valence electrons. The Balaban J connectivity index is 3.06. The zero-order valence-corrected chi connectivity index (χ0v) is 11.7. The van der Waals surface area contributed by atoms with Gasteiger partial charge in [0.2, 0.25) is 0 Å². The molecule has 0 bridgehead atoms. The molecule has 2 nitrogen and oxygen atoms in total. The van der Waals surface area contributed by atoms with E-state index >= 15 is 0 Å². The smallest absolute Gasteiger partial charge is 0.338 e. The molecule has 1 rings (SSSR count). The van der Waals surface area contributed by atoms with Gasteiger partial charge in [-0.25, -0.2) is 4.79 Å². The Labute approximate surface area is 105 Å². The number of ether oxygens (including phenoxy) is 1. The zero-order valence-electron chi connectivity index (χ0n) is 7.93. The maximum Gasteiger partial charge on any atom is 0.338 e. The Morgan fingerprint density at radius 1 is 1.57 bits per heavy atom. The number of hydrogen-bond acceptors (Lipinski definition) is 2. The van der Waals surface area contributed by atoms with E-state index in [1.54, 1.807) is 13.0 Å². The van der Waals surface area contributed by atoms with E-state index in [1.165, 1.54) is 0 Å². The van der Waals surface area contributed by atoms with Gasteiger partial charge < -0.3 is 4.74 Å². The lowest BCUT2D eigenvalue weighted by molar-refractivity contribution is 0.0526. The molecule has 0 heterocycles. The highest BCUT2D eigenvalue weighted by Crippen LogP contribution is 2.24. The molecular formula is C10H10BrIO2. The molecule has 0 aliphatic rings. The molecular weight excluding hydrogens is 359 g/mol. The summed E-state index contributed by atoms with van der Waals surface area (Å²) in [5.74, 6) is -0.271. The summed E-state index contributed by atoms with van der Waals surface area (Å²) < 4.78 is 6.97. The summed E-state index contributed by atoms with van der Waals surface area (Å²) in [4.78, 5) is 11.4. The van der Waals surface area contributed by atoms with Gasteiger partial charge in [0.15, 0.2) is 0 Å². The number of esters is 1. The fraction of sp³-hybridized carbons (Fsp3) is 0.300. The van der Waals surface area contributed by atoms with E-state index in [9.17, 15) is 4.79 Å². The summed E-state index contributed by atoms with van der Waals surface area (Å²) in [7, 11) is 0. The standard InChI is InChI=1S/C10H10BrIO2/c1-3-14-10(13)7-4-6(2)9(12)8(11)5-7/h4-5H,3H2,1-2H3. The third kappa shape index (κ3) is 2.70. The molecule has 14 heavy (non-hydrogen) atoms. The van der Waals surface area contributed by atoms with E-state index in [0.717, 1.165) is 13.6 Å². The molecule has 0 aliphatic carbocycles. The van der Waals surface area contributed by atoms with Crippen LogP contribution in [-0.2, 0) is 4.74 Å². The van der Waals surface area contributed by atoms with Crippen LogP contribution in [0.15, 0.2) is 16.6 Å². The van der Waals surface area contributed by atoms with E-state index in [0.29, 0.717) is 12.2 Å². The third-order valence-electron chi connectivity index (χ3n) is 1.72. The quantitative estimate of drug-likeness (QED) is 0.589. The van der Waals surface area contributed by atoms with Crippen LogP contribution in [-0.4, -0.2) is 12.6 Å². The Kier molecular flexibility index (Phi) is 4.37. The van der Waals surface area contributed by atoms with Crippen molar-refractivity contribution in [2.75, 3.05) is 6.61 Å². The lowest BCUT2D eigenvalue weighted by atomic mass is 10.1. The van der Waals surface area contributed by atoms with E-state index in [1.807, 2.05) is 13.0 Å². The van der Waals surface area contributed by atoms with Gasteiger partial charge in [-0.05, 0) is 70.1 Å². The normalized spacial score (nSPS) is 10.0. The van der Waals surface area contributed by atoms with Gasteiger partial charge in [-0.15, -0.1) is 0 Å². The van der Waals surface area contributed by atoms with Crippen molar-refractivity contribution in [3.05, 3.63) is 31.3 Å². The highest BCUT2D eigenvalue weighted by atomic mass is 127. The van der Waals surface area contributed by atoms with Crippen LogP contribution in [0.2, 0.25) is 0 Å². The van der Waals surface area contributed by atoms with E-state index in [2.05, 4.69) is 38.5 Å². The van der Waals surface area contributed by atoms with Gasteiger partial charge in [0.1, 0.15) is 0 Å². The number of rotatable bonds is 2. The number of aryl methyl sites for hydroxylation is 1. The second-order valence-electron chi connectivity index (χ2n) is 2.81. The van der Waals surface area contributed by atoms with Crippen LogP contribution in [0.5, 0.6) is 0 Å². The van der Waals surface area contributed by atoms with Gasteiger partial charge in [-0.2, -0.15) is 0 Å². The monoisotopic (exact) mass is 368 g/mol. The van der Waals surface area contributed by atoms with Crippen molar-refractivity contribution in [2.24, 2.45) is 0 Å². The minimum absolute atomic E-state index is 0.271. The molecule has 0 spiro atoms. The van der Waals surface area contributed by atoms with Gasteiger partial charge in [-0.1, -0.05) is 0 Å². The predicted molar refractivity (Wildman–Crippen MR) is 67.6 cm³/mol. The van der Waals surface area contributed by atoms with Crippen LogP contribution in [0.1, 0.15) is 22.8 Å². The van der Waals surface area contributed by atoms with Gasteiger partial charge >= 0.3 is 5.97 Å². The highest BCUT2D eigenvalue weighted by Gasteiger charge is 2.10. The fourth-order valence-corrected chi connectivity index (χ4v) is 1.93. The van der Waals surface area contributed by atoms with Crippen LogP contribution in [0.3, 0.4) is 0 Å². The second-order valence-corrected chi connectivity index (χ2v) is 4.74. The SMILES string of the molecule is CCOC(=O)c1cc(C)c(I)c(Br)c1. The molecule has 0 aliphatic heterocycles. The summed E-state index contributed by atoms with van der Waals surface area (Å²) in [5, 5.41) is 0. The number of carbonyl (C=O) groups is 1. The molecule has 0 radical (unpaired) electrons. The van der Waals surface area contributed by atoms with Crippen molar-refractivity contribution in [1.82, 2.24) is 0 Å². The van der Waals surface area contributed by atoms with Crippen molar-refractivity contribution >= 4 is 44.5 Å². The van der Waals surface area contributed by atoms with Crippen LogP contribution in [0, 0.1) is 10.5 Å². The molecule has 1 aromatic rings. The minimum Gasteiger partial charge on any atom is -0.462 e. The number of carbonyl (C=O) groups excluding carboxylic acids is 1. The number of hydrogen-bond donors (Lipinski definition) is 0. The highest BCUT2D eigenvalue weighted by molar-refractivity contribution is 14.1. The largest absolute Gasteiger partial charge is 0.462 e. The lowest BCUT2D eigenvalue weighted by Crippen LogP contribution is -2.05. The first-order valence-corrected chi connectivity index (χ1v) is 6.06. The molecule has 0 unspecified atom stereocenters. The topological polar surface area (TPSA) is 26.3 Å². The predicted octanol–water partition coefficient (Wildman–Crippen LogP) is 3.54. The third-order valence-corrected chi connectivity index (χ3v) is 4.52. The van der Waals surface area contributed by atoms with Gasteiger partial charge in [0, 0.05) is 8.04 Å². The maximum absolute atomic E-state index is 11.4. The first-order valence-electron chi connectivity index (χ1n) is 4.19. The van der Waals surface area contributed by atoms with Crippen molar-refractivity contribution in [3.63, 3.8) is 0 Å². The summed E-state index contributed by atoms with van der Waals surface area (Å²) in [6.45, 7) is 4.17. The first kappa shape index (κ1) is 12.0. The summed E-state index contributed by atoms with van der Waals surface area (Å²) in [6, 6.07) is 3.62. The van der Waals surface area contributed by atoms with Crippen molar-refractivity contribution in [3.8, 4) is 0 Å². The van der Waals surface area contributed by atoms with E-state index < -0.39 is 0 Å². The molecule has 0 saturated heterocycles. The minimum atomic E-state index is -0.271. The molecule has 0 fully saturated rings. The van der Waals surface area contributed by atoms with Gasteiger partial charge in [0.25, 0.3) is 0 Å². The first-order chi connectivity index (χ1) is 6.56. The van der Waals surface area contributed by atoms with Gasteiger partial charge in [-0.3, -0.25) is 0 Å². The molecule has 1 aromatic carbocycles. The average molecular weight is 369 g/mol. The maximum atomic E-state index is 11.4. The Morgan fingerprint density at radius 3 is 2.71 bits per heavy atom. The van der Waals surface area contributed by atoms with Crippen LogP contribution >= 0.6 is 38.5 Å². The molecule has 0 amide bonds. The van der Waals surface area contributed by atoms with Crippen molar-refractivity contribution in [1.29, 1.82) is 0 Å². The van der Waals surface area contributed by atoms with E-state index in [4.69, 9.17) is 4.74 Å². The summed E-state index contributed by atoms with van der Waals surface area (Å²) in [5.41, 5.74) is 1.67. The fourth-order valence-electron chi connectivity index (χ4n) is 1.06. The van der Waals surface area contributed by atoms with E-state index in [-0.39, 0.29) is 5.97 Å². The molecule has 0 N–H and O–H groups in total. The summed E-state index contributed by atoms with van der Waals surface area (Å²) >= 11 is 5.63. The molecule has 0 saturated carbocycles. The van der Waals surface area contributed by atoms with Crippen molar-refractivity contribution < 1.29 is 9.53 Å². The van der Waals surface area contributed by atoms with Crippen molar-refractivity contribution in [2.45, 2.75) is 13.8 Å². The zero-order chi connectivity index (χ0) is 10.7. The lowest BCUT2D eigenvalue weighted by Gasteiger charge is -2.06. The van der Waals surface area contributed by atoms with Crippen LogP contribution in [0.4, 0.5) is 0 Å². The Morgan fingerprint density at radius 2 is 2.21 bits per heavy atom. The van der Waals surface area contributed by atoms with Crippen LogP contribution in [0.25, 0.3) is 0 Å². The number of benzene rings is 1. The second kappa shape index (κ2) is 5.11. The van der Waals surface area contributed by atoms with Gasteiger partial charge in [0.05, 0.1) is 12.2 Å². The van der Waals surface area contributed by atoms with Crippen LogP contribution < -0.4 is 0 Å². The Hall–Kier alpha value is -0.100. The summed E-state index contributed by atoms with van der Waals surface area (Å²) in [6.07, 6.45) is 0. The molecule has 4 heteroatoms.